The van der Waals surface area contributed by atoms with Crippen LogP contribution in [-0.4, -0.2) is 41.6 Å². The van der Waals surface area contributed by atoms with Crippen molar-refractivity contribution in [2.45, 2.75) is 25.5 Å². The molecule has 0 aliphatic carbocycles. The fourth-order valence-electron chi connectivity index (χ4n) is 1.36. The smallest absolute Gasteiger partial charge is 0.325 e. The molecule has 72 valence electrons. The number of carbonyl (C=O) groups is 2. The molecular formula is C8H12N2O3. The maximum Gasteiger partial charge on any atom is 0.325 e. The molecule has 2 aliphatic heterocycles. The van der Waals surface area contributed by atoms with E-state index in [0.717, 1.165) is 0 Å². The fraction of sp³-hybridized carbons (Fsp3) is 0.750. The van der Waals surface area contributed by atoms with Gasteiger partial charge in [-0.15, -0.1) is 0 Å². The van der Waals surface area contributed by atoms with Crippen LogP contribution in [0, 0.1) is 0 Å². The summed E-state index contributed by atoms with van der Waals surface area (Å²) in [5, 5.41) is 2.61. The molecule has 2 aliphatic rings. The molecule has 0 aromatic rings. The third-order valence-corrected chi connectivity index (χ3v) is 2.23. The summed E-state index contributed by atoms with van der Waals surface area (Å²) in [6.45, 7) is 4.42. The lowest BCUT2D eigenvalue weighted by Crippen LogP contribution is -2.40. The normalized spacial score (nSPS) is 30.6. The Kier molecular flexibility index (Phi) is 1.60. The number of carbonyl (C=O) groups excluding carboxylic acids is 2. The molecule has 0 aromatic heterocycles. The predicted octanol–water partition coefficient (Wildman–Crippen LogP) is -0.284. The molecule has 0 unspecified atom stereocenters. The van der Waals surface area contributed by atoms with Gasteiger partial charge in [0.1, 0.15) is 5.54 Å². The summed E-state index contributed by atoms with van der Waals surface area (Å²) in [6.07, 6.45) is 0.0589. The molecule has 2 saturated heterocycles. The minimum absolute atomic E-state index is 0.0589. The molecule has 1 N–H and O–H groups in total. The number of amides is 3. The van der Waals surface area contributed by atoms with E-state index in [4.69, 9.17) is 4.74 Å². The lowest BCUT2D eigenvalue weighted by atomic mass is 10.1. The Labute approximate surface area is 76.0 Å². The first-order valence-corrected chi connectivity index (χ1v) is 4.26. The first-order chi connectivity index (χ1) is 6.00. The number of epoxide rings is 1. The van der Waals surface area contributed by atoms with Gasteiger partial charge < -0.3 is 10.1 Å². The molecule has 2 fully saturated rings. The van der Waals surface area contributed by atoms with Crippen molar-refractivity contribution in [2.75, 3.05) is 13.2 Å². The van der Waals surface area contributed by atoms with Crippen LogP contribution < -0.4 is 5.32 Å². The lowest BCUT2D eigenvalue weighted by molar-refractivity contribution is -0.130. The van der Waals surface area contributed by atoms with Gasteiger partial charge in [0.25, 0.3) is 5.91 Å². The van der Waals surface area contributed by atoms with E-state index in [1.807, 2.05) is 0 Å². The quantitative estimate of drug-likeness (QED) is 0.474. The van der Waals surface area contributed by atoms with Crippen LogP contribution in [0.2, 0.25) is 0 Å². The topological polar surface area (TPSA) is 61.9 Å². The zero-order valence-electron chi connectivity index (χ0n) is 7.66. The third kappa shape index (κ3) is 1.39. The Hall–Kier alpha value is -1.10. The number of hydrogen-bond acceptors (Lipinski definition) is 3. The number of urea groups is 1. The van der Waals surface area contributed by atoms with Crippen molar-refractivity contribution < 1.29 is 14.3 Å². The van der Waals surface area contributed by atoms with Crippen LogP contribution >= 0.6 is 0 Å². The summed E-state index contributed by atoms with van der Waals surface area (Å²) >= 11 is 0. The van der Waals surface area contributed by atoms with Crippen LogP contribution in [0.25, 0.3) is 0 Å². The zero-order valence-corrected chi connectivity index (χ0v) is 7.66. The van der Waals surface area contributed by atoms with Gasteiger partial charge in [0.15, 0.2) is 0 Å². The highest BCUT2D eigenvalue weighted by Gasteiger charge is 2.46. The highest BCUT2D eigenvalue weighted by molar-refractivity contribution is 6.06. The number of ether oxygens (including phenoxy) is 1. The van der Waals surface area contributed by atoms with E-state index in [2.05, 4.69) is 5.32 Å². The van der Waals surface area contributed by atoms with E-state index in [0.29, 0.717) is 13.2 Å². The summed E-state index contributed by atoms with van der Waals surface area (Å²) in [5.74, 6) is -0.173. The molecule has 5 heteroatoms. The Bertz CT molecular complexity index is 271. The number of rotatable bonds is 2. The molecule has 0 spiro atoms. The van der Waals surface area contributed by atoms with Gasteiger partial charge in [-0.1, -0.05) is 0 Å². The number of imide groups is 1. The zero-order chi connectivity index (χ0) is 9.64. The van der Waals surface area contributed by atoms with Gasteiger partial charge >= 0.3 is 6.03 Å². The number of nitrogens with one attached hydrogen (secondary N) is 1. The summed E-state index contributed by atoms with van der Waals surface area (Å²) < 4.78 is 4.96. The first kappa shape index (κ1) is 8.50. The first-order valence-electron chi connectivity index (χ1n) is 4.26. The molecule has 2 heterocycles. The van der Waals surface area contributed by atoms with Crippen molar-refractivity contribution in [3.8, 4) is 0 Å². The summed E-state index contributed by atoms with van der Waals surface area (Å²) in [7, 11) is 0. The Morgan fingerprint density at radius 2 is 2.23 bits per heavy atom. The highest BCUT2D eigenvalue weighted by Crippen LogP contribution is 2.20. The average molecular weight is 184 g/mol. The molecule has 1 atom stereocenters. The van der Waals surface area contributed by atoms with Gasteiger partial charge in [-0.3, -0.25) is 9.69 Å². The van der Waals surface area contributed by atoms with E-state index in [1.165, 1.54) is 4.90 Å². The van der Waals surface area contributed by atoms with Crippen LogP contribution in [0.3, 0.4) is 0 Å². The fourth-order valence-corrected chi connectivity index (χ4v) is 1.36. The summed E-state index contributed by atoms with van der Waals surface area (Å²) in [4.78, 5) is 24.1. The van der Waals surface area contributed by atoms with E-state index >= 15 is 0 Å². The van der Waals surface area contributed by atoms with Crippen molar-refractivity contribution in [1.29, 1.82) is 0 Å². The van der Waals surface area contributed by atoms with E-state index in [9.17, 15) is 9.59 Å². The van der Waals surface area contributed by atoms with Gasteiger partial charge in [-0.25, -0.2) is 4.79 Å². The minimum Gasteiger partial charge on any atom is -0.371 e. The van der Waals surface area contributed by atoms with Gasteiger partial charge in [0.2, 0.25) is 0 Å². The summed E-state index contributed by atoms with van der Waals surface area (Å²) in [6, 6.07) is -0.314. The van der Waals surface area contributed by atoms with Crippen LogP contribution in [0.1, 0.15) is 13.8 Å². The molecule has 3 amide bonds. The van der Waals surface area contributed by atoms with Crippen molar-refractivity contribution in [3.05, 3.63) is 0 Å². The predicted molar refractivity (Wildman–Crippen MR) is 44.1 cm³/mol. The van der Waals surface area contributed by atoms with Crippen LogP contribution in [0.4, 0.5) is 4.79 Å². The van der Waals surface area contributed by atoms with Crippen molar-refractivity contribution in [2.24, 2.45) is 0 Å². The molecule has 0 saturated carbocycles. The maximum absolute atomic E-state index is 11.6. The SMILES string of the molecule is CC1(C)NC(=O)N(C[C@@H]2CO2)C1=O. The second-order valence-electron chi connectivity index (χ2n) is 3.93. The lowest BCUT2D eigenvalue weighted by Gasteiger charge is -2.14. The van der Waals surface area contributed by atoms with Crippen LogP contribution in [0.15, 0.2) is 0 Å². The second kappa shape index (κ2) is 2.45. The number of hydrogen-bond donors (Lipinski definition) is 1. The van der Waals surface area contributed by atoms with Gasteiger partial charge in [0.05, 0.1) is 19.3 Å². The van der Waals surface area contributed by atoms with Gasteiger partial charge in [-0.2, -0.15) is 0 Å². The third-order valence-electron chi connectivity index (χ3n) is 2.23. The van der Waals surface area contributed by atoms with E-state index in [1.54, 1.807) is 13.8 Å². The Morgan fingerprint density at radius 3 is 2.62 bits per heavy atom. The van der Waals surface area contributed by atoms with Gasteiger partial charge in [0, 0.05) is 0 Å². The minimum atomic E-state index is -0.758. The van der Waals surface area contributed by atoms with Crippen LogP contribution in [-0.2, 0) is 9.53 Å². The molecule has 2 rings (SSSR count). The van der Waals surface area contributed by atoms with E-state index < -0.39 is 5.54 Å². The molecule has 0 bridgehead atoms. The molecule has 0 radical (unpaired) electrons. The molecule has 0 aromatic carbocycles. The van der Waals surface area contributed by atoms with Gasteiger partial charge in [-0.05, 0) is 13.8 Å². The van der Waals surface area contributed by atoms with Crippen molar-refractivity contribution in [1.82, 2.24) is 10.2 Å². The summed E-state index contributed by atoms with van der Waals surface area (Å²) in [5.41, 5.74) is -0.758. The standard InChI is InChI=1S/C8H12N2O3/c1-8(2)6(11)10(7(12)9-8)3-5-4-13-5/h5H,3-4H2,1-2H3,(H,9,12)/t5-/m1/s1. The van der Waals surface area contributed by atoms with Crippen molar-refractivity contribution >= 4 is 11.9 Å². The highest BCUT2D eigenvalue weighted by atomic mass is 16.6. The average Bonchev–Trinajstić information content (AvgIpc) is 2.77. The number of nitrogens with zero attached hydrogens (tertiary/aromatic N) is 1. The molecule has 5 nitrogen and oxygen atoms in total. The molecular weight excluding hydrogens is 172 g/mol. The Balaban J connectivity index is 2.09. The van der Waals surface area contributed by atoms with Crippen LogP contribution in [0.5, 0.6) is 0 Å². The van der Waals surface area contributed by atoms with E-state index in [-0.39, 0.29) is 18.0 Å². The van der Waals surface area contributed by atoms with Crippen molar-refractivity contribution in [3.63, 3.8) is 0 Å². The molecule has 13 heavy (non-hydrogen) atoms. The monoisotopic (exact) mass is 184 g/mol. The Morgan fingerprint density at radius 1 is 1.62 bits per heavy atom. The maximum atomic E-state index is 11.6. The largest absolute Gasteiger partial charge is 0.371 e. The second-order valence-corrected chi connectivity index (χ2v) is 3.93.